The quantitative estimate of drug-likeness (QED) is 0.913. The van der Waals surface area contributed by atoms with Gasteiger partial charge in [-0.2, -0.15) is 0 Å². The predicted molar refractivity (Wildman–Crippen MR) is 83.0 cm³/mol. The van der Waals surface area contributed by atoms with Gasteiger partial charge in [-0.05, 0) is 42.9 Å². The molecule has 110 valence electrons. The standard InChI is InChI=1S/C18H27NO/c1-14(2)16-8-6-15(7-9-16)13-18(20)10-12-19-11-4-3-5-17(18)19/h6-9,14,17,20H,3-5,10-13H2,1-2H3. The predicted octanol–water partition coefficient (Wildman–Crippen LogP) is 3.34. The molecule has 1 N–H and O–H groups in total. The molecule has 0 amide bonds. The largest absolute Gasteiger partial charge is 0.388 e. The van der Waals surface area contributed by atoms with Crippen molar-refractivity contribution in [2.45, 2.75) is 63.5 Å². The van der Waals surface area contributed by atoms with Crippen LogP contribution in [0.5, 0.6) is 0 Å². The minimum absolute atomic E-state index is 0.390. The number of piperidine rings is 1. The van der Waals surface area contributed by atoms with Crippen molar-refractivity contribution in [1.29, 1.82) is 0 Å². The fraction of sp³-hybridized carbons (Fsp3) is 0.667. The number of aliphatic hydroxyl groups is 1. The molecule has 0 aromatic heterocycles. The summed E-state index contributed by atoms with van der Waals surface area (Å²) < 4.78 is 0. The van der Waals surface area contributed by atoms with E-state index >= 15 is 0 Å². The third-order valence-electron chi connectivity index (χ3n) is 5.22. The Bertz CT molecular complexity index is 453. The summed E-state index contributed by atoms with van der Waals surface area (Å²) in [6.45, 7) is 6.70. The Morgan fingerprint density at radius 1 is 1.20 bits per heavy atom. The van der Waals surface area contributed by atoms with Crippen LogP contribution < -0.4 is 0 Å². The number of benzene rings is 1. The summed E-state index contributed by atoms with van der Waals surface area (Å²) in [6.07, 6.45) is 5.49. The van der Waals surface area contributed by atoms with Crippen molar-refractivity contribution in [3.63, 3.8) is 0 Å². The van der Waals surface area contributed by atoms with E-state index in [-0.39, 0.29) is 0 Å². The van der Waals surface area contributed by atoms with Crippen LogP contribution in [0, 0.1) is 0 Å². The highest BCUT2D eigenvalue weighted by Gasteiger charge is 2.46. The molecule has 1 aromatic rings. The van der Waals surface area contributed by atoms with Gasteiger partial charge in [0.2, 0.25) is 0 Å². The molecular formula is C18H27NO. The second-order valence-corrected chi connectivity index (χ2v) is 6.97. The number of hydrogen-bond acceptors (Lipinski definition) is 2. The van der Waals surface area contributed by atoms with Crippen LogP contribution in [0.4, 0.5) is 0 Å². The van der Waals surface area contributed by atoms with E-state index in [2.05, 4.69) is 43.0 Å². The van der Waals surface area contributed by atoms with Crippen LogP contribution in [0.1, 0.15) is 56.6 Å². The first-order valence-electron chi connectivity index (χ1n) is 8.14. The van der Waals surface area contributed by atoms with E-state index in [0.29, 0.717) is 12.0 Å². The normalized spacial score (nSPS) is 30.7. The molecule has 0 aliphatic carbocycles. The molecule has 20 heavy (non-hydrogen) atoms. The van der Waals surface area contributed by atoms with Crippen LogP contribution in [0.2, 0.25) is 0 Å². The van der Waals surface area contributed by atoms with Crippen molar-refractivity contribution in [1.82, 2.24) is 4.90 Å². The first-order chi connectivity index (χ1) is 9.58. The van der Waals surface area contributed by atoms with Gasteiger partial charge in [0, 0.05) is 19.0 Å². The Balaban J connectivity index is 1.73. The molecule has 1 aromatic carbocycles. The van der Waals surface area contributed by atoms with Crippen molar-refractivity contribution in [3.8, 4) is 0 Å². The van der Waals surface area contributed by atoms with Crippen LogP contribution in [0.25, 0.3) is 0 Å². The molecule has 2 nitrogen and oxygen atoms in total. The Hall–Kier alpha value is -0.860. The highest BCUT2D eigenvalue weighted by atomic mass is 16.3. The van der Waals surface area contributed by atoms with Crippen molar-refractivity contribution >= 4 is 0 Å². The Labute approximate surface area is 122 Å². The smallest absolute Gasteiger partial charge is 0.0854 e. The second-order valence-electron chi connectivity index (χ2n) is 6.97. The third-order valence-corrected chi connectivity index (χ3v) is 5.22. The molecule has 0 bridgehead atoms. The number of nitrogens with zero attached hydrogens (tertiary/aromatic N) is 1. The SMILES string of the molecule is CC(C)c1ccc(CC2(O)CCN3CCCCC32)cc1. The lowest BCUT2D eigenvalue weighted by Crippen LogP contribution is -2.48. The van der Waals surface area contributed by atoms with Crippen molar-refractivity contribution in [3.05, 3.63) is 35.4 Å². The summed E-state index contributed by atoms with van der Waals surface area (Å²) in [6, 6.07) is 9.24. The molecule has 2 aliphatic rings. The molecule has 2 heterocycles. The molecule has 2 unspecified atom stereocenters. The first kappa shape index (κ1) is 14.1. The summed E-state index contributed by atoms with van der Waals surface area (Å²) in [5.41, 5.74) is 2.16. The summed E-state index contributed by atoms with van der Waals surface area (Å²) in [5.74, 6) is 0.576. The first-order valence-corrected chi connectivity index (χ1v) is 8.14. The number of rotatable bonds is 3. The van der Waals surface area contributed by atoms with Crippen LogP contribution in [-0.4, -0.2) is 34.7 Å². The monoisotopic (exact) mass is 273 g/mol. The van der Waals surface area contributed by atoms with Gasteiger partial charge in [0.1, 0.15) is 0 Å². The molecule has 0 spiro atoms. The summed E-state index contributed by atoms with van der Waals surface area (Å²) in [4.78, 5) is 2.51. The highest BCUT2D eigenvalue weighted by Crippen LogP contribution is 2.37. The lowest BCUT2D eigenvalue weighted by Gasteiger charge is -2.37. The van der Waals surface area contributed by atoms with E-state index in [4.69, 9.17) is 0 Å². The summed E-state index contributed by atoms with van der Waals surface area (Å²) in [7, 11) is 0. The van der Waals surface area contributed by atoms with E-state index in [0.717, 1.165) is 19.4 Å². The van der Waals surface area contributed by atoms with Gasteiger partial charge in [-0.1, -0.05) is 44.5 Å². The highest BCUT2D eigenvalue weighted by molar-refractivity contribution is 5.26. The van der Waals surface area contributed by atoms with Gasteiger partial charge in [0.25, 0.3) is 0 Å². The van der Waals surface area contributed by atoms with Gasteiger partial charge < -0.3 is 5.11 Å². The van der Waals surface area contributed by atoms with Gasteiger partial charge in [0.15, 0.2) is 0 Å². The summed E-state index contributed by atoms with van der Waals surface area (Å²) >= 11 is 0. The molecule has 2 fully saturated rings. The average molecular weight is 273 g/mol. The van der Waals surface area contributed by atoms with Crippen molar-refractivity contribution in [2.24, 2.45) is 0 Å². The van der Waals surface area contributed by atoms with Crippen LogP contribution in [-0.2, 0) is 6.42 Å². The lowest BCUT2D eigenvalue weighted by molar-refractivity contribution is -0.00886. The second kappa shape index (κ2) is 5.50. The molecule has 3 rings (SSSR count). The van der Waals surface area contributed by atoms with E-state index in [9.17, 15) is 5.11 Å². The number of hydrogen-bond donors (Lipinski definition) is 1. The molecule has 2 aliphatic heterocycles. The van der Waals surface area contributed by atoms with Gasteiger partial charge in [-0.3, -0.25) is 4.90 Å². The minimum Gasteiger partial charge on any atom is -0.388 e. The molecule has 2 heteroatoms. The van der Waals surface area contributed by atoms with Gasteiger partial charge in [0.05, 0.1) is 5.60 Å². The minimum atomic E-state index is -0.500. The number of fused-ring (bicyclic) bond motifs is 1. The van der Waals surface area contributed by atoms with E-state index < -0.39 is 5.60 Å². The fourth-order valence-corrected chi connectivity index (χ4v) is 3.95. The zero-order valence-electron chi connectivity index (χ0n) is 12.8. The van der Waals surface area contributed by atoms with Crippen molar-refractivity contribution in [2.75, 3.05) is 13.1 Å². The average Bonchev–Trinajstić information content (AvgIpc) is 2.78. The van der Waals surface area contributed by atoms with Crippen LogP contribution in [0.3, 0.4) is 0 Å². The van der Waals surface area contributed by atoms with E-state index in [1.807, 2.05) is 0 Å². The Morgan fingerprint density at radius 3 is 2.65 bits per heavy atom. The lowest BCUT2D eigenvalue weighted by atomic mass is 9.83. The van der Waals surface area contributed by atoms with E-state index in [1.54, 1.807) is 0 Å². The maximum atomic E-state index is 11.1. The molecule has 0 radical (unpaired) electrons. The zero-order chi connectivity index (χ0) is 14.2. The van der Waals surface area contributed by atoms with Crippen LogP contribution in [0.15, 0.2) is 24.3 Å². The molecular weight excluding hydrogens is 246 g/mol. The summed E-state index contributed by atoms with van der Waals surface area (Å²) in [5, 5.41) is 11.1. The topological polar surface area (TPSA) is 23.5 Å². The van der Waals surface area contributed by atoms with Gasteiger partial charge in [-0.15, -0.1) is 0 Å². The van der Waals surface area contributed by atoms with Crippen molar-refractivity contribution < 1.29 is 5.11 Å². The Kier molecular flexibility index (Phi) is 3.87. The van der Waals surface area contributed by atoms with Gasteiger partial charge >= 0.3 is 0 Å². The Morgan fingerprint density at radius 2 is 1.95 bits per heavy atom. The fourth-order valence-electron chi connectivity index (χ4n) is 3.95. The molecule has 2 atom stereocenters. The molecule has 0 saturated carbocycles. The zero-order valence-corrected chi connectivity index (χ0v) is 12.8. The van der Waals surface area contributed by atoms with E-state index in [1.165, 1.54) is 36.9 Å². The maximum Gasteiger partial charge on any atom is 0.0854 e. The maximum absolute atomic E-state index is 11.1. The van der Waals surface area contributed by atoms with Gasteiger partial charge in [-0.25, -0.2) is 0 Å². The van der Waals surface area contributed by atoms with Crippen LogP contribution >= 0.6 is 0 Å². The molecule has 2 saturated heterocycles. The third kappa shape index (κ3) is 2.64.